The molecule has 3 rings (SSSR count). The van der Waals surface area contributed by atoms with E-state index in [1.807, 2.05) is 0 Å². The van der Waals surface area contributed by atoms with Gasteiger partial charge in [-0.3, -0.25) is 9.69 Å². The van der Waals surface area contributed by atoms with E-state index < -0.39 is 0 Å². The largest absolute Gasteiger partial charge is 0.497 e. The molecule has 0 atom stereocenters. The highest BCUT2D eigenvalue weighted by Crippen LogP contribution is 2.29. The molecule has 1 amide bonds. The minimum Gasteiger partial charge on any atom is -0.497 e. The van der Waals surface area contributed by atoms with Crippen LogP contribution < -0.4 is 15.0 Å². The number of benzene rings is 2. The Kier molecular flexibility index (Phi) is 4.76. The number of thiocarbonyl (C=S) groups is 1. The van der Waals surface area contributed by atoms with Crippen LogP contribution in [0.2, 0.25) is 10.0 Å². The van der Waals surface area contributed by atoms with Gasteiger partial charge in [-0.05, 0) is 54.7 Å². The maximum Gasteiger partial charge on any atom is 0.281 e. The first kappa shape index (κ1) is 16.8. The number of ether oxygens (including phenoxy) is 1. The summed E-state index contributed by atoms with van der Waals surface area (Å²) in [4.78, 5) is 14.1. The van der Waals surface area contributed by atoms with Crippen LogP contribution in [0.4, 0.5) is 5.69 Å². The van der Waals surface area contributed by atoms with Crippen molar-refractivity contribution in [3.05, 3.63) is 63.8 Å². The molecule has 1 saturated heterocycles. The van der Waals surface area contributed by atoms with Crippen molar-refractivity contribution < 1.29 is 9.53 Å². The number of carbonyl (C=O) groups excluding carboxylic acids is 1. The van der Waals surface area contributed by atoms with E-state index in [1.165, 1.54) is 4.90 Å². The SMILES string of the molecule is COc1ccc(N2C(=O)/C(=C/c3c(Cl)cccc3Cl)NC2=S)cc1. The molecule has 1 heterocycles. The number of amides is 1. The fourth-order valence-corrected chi connectivity index (χ4v) is 3.10. The minimum absolute atomic E-state index is 0.277. The molecule has 0 aromatic heterocycles. The Morgan fingerprint density at radius 3 is 2.33 bits per heavy atom. The zero-order valence-corrected chi connectivity index (χ0v) is 14.9. The molecule has 1 N–H and O–H groups in total. The van der Waals surface area contributed by atoms with E-state index in [4.69, 9.17) is 40.2 Å². The number of anilines is 1. The summed E-state index contributed by atoms with van der Waals surface area (Å²) >= 11 is 17.6. The number of nitrogens with one attached hydrogen (secondary N) is 1. The van der Waals surface area contributed by atoms with Gasteiger partial charge in [-0.2, -0.15) is 0 Å². The molecule has 24 heavy (non-hydrogen) atoms. The summed E-state index contributed by atoms with van der Waals surface area (Å²) in [6.07, 6.45) is 1.60. The molecule has 0 spiro atoms. The summed E-state index contributed by atoms with van der Waals surface area (Å²) in [7, 11) is 1.58. The molecule has 0 unspecified atom stereocenters. The van der Waals surface area contributed by atoms with Crippen LogP contribution in [0.25, 0.3) is 6.08 Å². The predicted octanol–water partition coefficient (Wildman–Crippen LogP) is 4.26. The van der Waals surface area contributed by atoms with E-state index in [9.17, 15) is 4.79 Å². The van der Waals surface area contributed by atoms with Crippen LogP contribution in [0, 0.1) is 0 Å². The standard InChI is InChI=1S/C17H12Cl2N2O2S/c1-23-11-7-5-10(6-8-11)21-16(22)15(20-17(21)24)9-12-13(18)3-2-4-14(12)19/h2-9H,1H3,(H,20,24)/b15-9-. The first-order valence-electron chi connectivity index (χ1n) is 6.96. The lowest BCUT2D eigenvalue weighted by atomic mass is 10.2. The van der Waals surface area contributed by atoms with E-state index in [0.717, 1.165) is 0 Å². The molecule has 2 aromatic rings. The van der Waals surface area contributed by atoms with Gasteiger partial charge in [0.25, 0.3) is 5.91 Å². The second-order valence-corrected chi connectivity index (χ2v) is 6.16. The average molecular weight is 379 g/mol. The average Bonchev–Trinajstić information content (AvgIpc) is 2.85. The van der Waals surface area contributed by atoms with Crippen LogP contribution in [-0.4, -0.2) is 18.1 Å². The van der Waals surface area contributed by atoms with Crippen LogP contribution in [0.1, 0.15) is 5.56 Å². The van der Waals surface area contributed by atoms with Crippen molar-refractivity contribution in [3.8, 4) is 5.75 Å². The fourth-order valence-electron chi connectivity index (χ4n) is 2.29. The molecule has 0 aliphatic carbocycles. The van der Waals surface area contributed by atoms with E-state index in [-0.39, 0.29) is 5.91 Å². The van der Waals surface area contributed by atoms with Crippen LogP contribution in [0.5, 0.6) is 5.75 Å². The Balaban J connectivity index is 1.95. The molecule has 1 aliphatic rings. The first-order chi connectivity index (χ1) is 11.5. The Morgan fingerprint density at radius 1 is 1.12 bits per heavy atom. The molecular weight excluding hydrogens is 367 g/mol. The smallest absolute Gasteiger partial charge is 0.281 e. The molecule has 4 nitrogen and oxygen atoms in total. The third-order valence-electron chi connectivity index (χ3n) is 3.50. The summed E-state index contributed by atoms with van der Waals surface area (Å²) in [6.45, 7) is 0. The topological polar surface area (TPSA) is 41.6 Å². The molecule has 7 heteroatoms. The van der Waals surface area contributed by atoms with E-state index in [0.29, 0.717) is 37.9 Å². The molecule has 0 saturated carbocycles. The summed E-state index contributed by atoms with van der Waals surface area (Å²) in [5.41, 5.74) is 1.52. The molecule has 0 bridgehead atoms. The lowest BCUT2D eigenvalue weighted by molar-refractivity contribution is -0.113. The fraction of sp³-hybridized carbons (Fsp3) is 0.0588. The second-order valence-electron chi connectivity index (χ2n) is 4.96. The highest BCUT2D eigenvalue weighted by molar-refractivity contribution is 7.80. The Labute approximate surface area is 154 Å². The number of nitrogens with zero attached hydrogens (tertiary/aromatic N) is 1. The lowest BCUT2D eigenvalue weighted by Crippen LogP contribution is -2.30. The highest BCUT2D eigenvalue weighted by Gasteiger charge is 2.32. The highest BCUT2D eigenvalue weighted by atomic mass is 35.5. The van der Waals surface area contributed by atoms with Gasteiger partial charge in [-0.25, -0.2) is 0 Å². The van der Waals surface area contributed by atoms with E-state index >= 15 is 0 Å². The van der Waals surface area contributed by atoms with Gasteiger partial charge >= 0.3 is 0 Å². The summed E-state index contributed by atoms with van der Waals surface area (Å²) in [6, 6.07) is 12.2. The van der Waals surface area contributed by atoms with Gasteiger partial charge in [0.15, 0.2) is 5.11 Å². The van der Waals surface area contributed by atoms with Crippen molar-refractivity contribution >= 4 is 58.2 Å². The molecule has 2 aromatic carbocycles. The van der Waals surface area contributed by atoms with Crippen molar-refractivity contribution in [1.82, 2.24) is 5.32 Å². The van der Waals surface area contributed by atoms with Crippen molar-refractivity contribution in [2.45, 2.75) is 0 Å². The van der Waals surface area contributed by atoms with Crippen molar-refractivity contribution in [2.75, 3.05) is 12.0 Å². The number of halogens is 2. The maximum atomic E-state index is 12.7. The van der Waals surface area contributed by atoms with Crippen molar-refractivity contribution in [1.29, 1.82) is 0 Å². The van der Waals surface area contributed by atoms with Crippen LogP contribution in [-0.2, 0) is 4.79 Å². The first-order valence-corrected chi connectivity index (χ1v) is 8.13. The monoisotopic (exact) mass is 378 g/mol. The molecule has 1 aliphatic heterocycles. The van der Waals surface area contributed by atoms with Gasteiger partial charge in [-0.1, -0.05) is 29.3 Å². The summed E-state index contributed by atoms with van der Waals surface area (Å²) in [5, 5.41) is 4.11. The second kappa shape index (κ2) is 6.81. The zero-order chi connectivity index (χ0) is 17.3. The maximum absolute atomic E-state index is 12.7. The van der Waals surface area contributed by atoms with Gasteiger partial charge in [0.1, 0.15) is 11.4 Å². The van der Waals surface area contributed by atoms with Gasteiger partial charge in [-0.15, -0.1) is 0 Å². The number of rotatable bonds is 3. The lowest BCUT2D eigenvalue weighted by Gasteiger charge is -2.14. The van der Waals surface area contributed by atoms with Gasteiger partial charge < -0.3 is 10.1 Å². The quantitative estimate of drug-likeness (QED) is 0.639. The third kappa shape index (κ3) is 3.11. The van der Waals surface area contributed by atoms with Crippen molar-refractivity contribution in [3.63, 3.8) is 0 Å². The van der Waals surface area contributed by atoms with Crippen LogP contribution >= 0.6 is 35.4 Å². The van der Waals surface area contributed by atoms with Gasteiger partial charge in [0, 0.05) is 15.6 Å². The number of hydrogen-bond acceptors (Lipinski definition) is 3. The van der Waals surface area contributed by atoms with Crippen molar-refractivity contribution in [2.24, 2.45) is 0 Å². The molecule has 1 fully saturated rings. The number of hydrogen-bond donors (Lipinski definition) is 1. The number of methoxy groups -OCH3 is 1. The third-order valence-corrected chi connectivity index (χ3v) is 4.44. The molecule has 0 radical (unpaired) electrons. The van der Waals surface area contributed by atoms with Gasteiger partial charge in [0.05, 0.1) is 12.8 Å². The molecular formula is C17H12Cl2N2O2S. The minimum atomic E-state index is -0.277. The Morgan fingerprint density at radius 2 is 1.75 bits per heavy atom. The van der Waals surface area contributed by atoms with Gasteiger partial charge in [0.2, 0.25) is 0 Å². The Bertz CT molecular complexity index is 830. The van der Waals surface area contributed by atoms with E-state index in [2.05, 4.69) is 5.32 Å². The normalized spacial score (nSPS) is 15.8. The Hall–Kier alpha value is -2.08. The number of carbonyl (C=O) groups is 1. The predicted molar refractivity (Wildman–Crippen MR) is 101 cm³/mol. The zero-order valence-electron chi connectivity index (χ0n) is 12.5. The summed E-state index contributed by atoms with van der Waals surface area (Å²) in [5.74, 6) is 0.420. The molecule has 122 valence electrons. The summed E-state index contributed by atoms with van der Waals surface area (Å²) < 4.78 is 5.12. The van der Waals surface area contributed by atoms with E-state index in [1.54, 1.807) is 55.7 Å². The van der Waals surface area contributed by atoms with Crippen LogP contribution in [0.15, 0.2) is 48.2 Å². The van der Waals surface area contributed by atoms with Crippen LogP contribution in [0.3, 0.4) is 0 Å².